The number of rotatable bonds is 9. The Labute approximate surface area is 247 Å². The van der Waals surface area contributed by atoms with Crippen LogP contribution in [0.4, 0.5) is 16.2 Å². The Hall–Kier alpha value is -4.08. The van der Waals surface area contributed by atoms with Crippen LogP contribution in [0.25, 0.3) is 11.1 Å². The second kappa shape index (κ2) is 14.2. The number of nitrogens with zero attached hydrogens (tertiary/aromatic N) is 2. The van der Waals surface area contributed by atoms with E-state index in [1.165, 1.54) is 7.11 Å². The molecule has 2 amide bonds. The zero-order valence-electron chi connectivity index (χ0n) is 24.2. The summed E-state index contributed by atoms with van der Waals surface area (Å²) in [6.45, 7) is 3.12. The topological polar surface area (TPSA) is 106 Å². The van der Waals surface area contributed by atoms with Crippen LogP contribution in [-0.4, -0.2) is 69.0 Å². The lowest BCUT2D eigenvalue weighted by atomic mass is 9.90. The summed E-state index contributed by atoms with van der Waals surface area (Å²) in [5, 5.41) is 3.08. The number of hydrogen-bond acceptors (Lipinski definition) is 7. The molecule has 1 heterocycles. The SMILES string of the molecule is COC(=O)N(Cc1cccc(-c2ccc(N3CCOCC3)c(NC(=O)COc3ccccc3)c2)c1)C1CCC(N)CC1. The average molecular weight is 573 g/mol. The lowest BCUT2D eigenvalue weighted by Gasteiger charge is -2.35. The molecule has 9 nitrogen and oxygen atoms in total. The Bertz CT molecular complexity index is 1340. The molecular weight excluding hydrogens is 532 g/mol. The van der Waals surface area contributed by atoms with E-state index >= 15 is 0 Å². The van der Waals surface area contributed by atoms with E-state index in [1.807, 2.05) is 65.6 Å². The highest BCUT2D eigenvalue weighted by Gasteiger charge is 2.28. The van der Waals surface area contributed by atoms with Gasteiger partial charge in [-0.1, -0.05) is 42.5 Å². The van der Waals surface area contributed by atoms with Gasteiger partial charge in [0.2, 0.25) is 0 Å². The summed E-state index contributed by atoms with van der Waals surface area (Å²) in [4.78, 5) is 29.8. The predicted octanol–water partition coefficient (Wildman–Crippen LogP) is 5.05. The first-order valence-electron chi connectivity index (χ1n) is 14.6. The molecule has 3 aromatic rings. The van der Waals surface area contributed by atoms with Gasteiger partial charge in [0.1, 0.15) is 5.75 Å². The molecule has 5 rings (SSSR count). The number of para-hydroxylation sites is 1. The van der Waals surface area contributed by atoms with Crippen LogP contribution in [0.2, 0.25) is 0 Å². The molecule has 0 radical (unpaired) electrons. The number of anilines is 2. The van der Waals surface area contributed by atoms with Crippen molar-refractivity contribution in [2.45, 2.75) is 44.3 Å². The third-order valence-corrected chi connectivity index (χ3v) is 7.94. The Morgan fingerprint density at radius 1 is 0.952 bits per heavy atom. The van der Waals surface area contributed by atoms with Crippen molar-refractivity contribution in [2.24, 2.45) is 5.73 Å². The molecule has 0 aromatic heterocycles. The summed E-state index contributed by atoms with van der Waals surface area (Å²) >= 11 is 0. The summed E-state index contributed by atoms with van der Waals surface area (Å²) in [5.41, 5.74) is 10.7. The summed E-state index contributed by atoms with van der Waals surface area (Å²) in [6, 6.07) is 23.9. The number of hydrogen-bond donors (Lipinski definition) is 2. The number of carbonyl (C=O) groups excluding carboxylic acids is 2. The summed E-state index contributed by atoms with van der Waals surface area (Å²) in [5.74, 6) is 0.406. The number of carbonyl (C=O) groups is 2. The van der Waals surface area contributed by atoms with Crippen molar-refractivity contribution in [1.29, 1.82) is 0 Å². The van der Waals surface area contributed by atoms with Crippen molar-refractivity contribution in [1.82, 2.24) is 4.90 Å². The average Bonchev–Trinajstić information content (AvgIpc) is 3.04. The minimum absolute atomic E-state index is 0.0955. The molecular formula is C33H40N4O5. The van der Waals surface area contributed by atoms with E-state index in [1.54, 1.807) is 0 Å². The highest BCUT2D eigenvalue weighted by Crippen LogP contribution is 2.33. The highest BCUT2D eigenvalue weighted by atomic mass is 16.5. The van der Waals surface area contributed by atoms with Gasteiger partial charge in [-0.05, 0) is 72.7 Å². The summed E-state index contributed by atoms with van der Waals surface area (Å²) < 4.78 is 16.4. The van der Waals surface area contributed by atoms with Gasteiger partial charge in [0, 0.05) is 31.7 Å². The van der Waals surface area contributed by atoms with Gasteiger partial charge in [-0.2, -0.15) is 0 Å². The van der Waals surface area contributed by atoms with Gasteiger partial charge in [-0.3, -0.25) is 4.79 Å². The Kier molecular flexibility index (Phi) is 9.94. The first-order valence-corrected chi connectivity index (χ1v) is 14.6. The van der Waals surface area contributed by atoms with Crippen LogP contribution >= 0.6 is 0 Å². The summed E-state index contributed by atoms with van der Waals surface area (Å²) in [6.07, 6.45) is 3.22. The molecule has 1 aliphatic carbocycles. The second-order valence-corrected chi connectivity index (χ2v) is 10.8. The van der Waals surface area contributed by atoms with Crippen molar-refractivity contribution in [2.75, 3.05) is 50.2 Å². The van der Waals surface area contributed by atoms with E-state index in [9.17, 15) is 9.59 Å². The van der Waals surface area contributed by atoms with Crippen LogP contribution in [0.5, 0.6) is 5.75 Å². The van der Waals surface area contributed by atoms with Crippen molar-refractivity contribution in [3.8, 4) is 16.9 Å². The number of benzene rings is 3. The second-order valence-electron chi connectivity index (χ2n) is 10.8. The maximum atomic E-state index is 13.0. The van der Waals surface area contributed by atoms with E-state index in [4.69, 9.17) is 19.9 Å². The normalized spacial score (nSPS) is 18.7. The molecule has 1 aliphatic heterocycles. The summed E-state index contributed by atoms with van der Waals surface area (Å²) in [7, 11) is 1.43. The van der Waals surface area contributed by atoms with Gasteiger partial charge < -0.3 is 35.1 Å². The number of ether oxygens (including phenoxy) is 3. The minimum atomic E-state index is -0.321. The zero-order chi connectivity index (χ0) is 29.3. The molecule has 3 aromatic carbocycles. The van der Waals surface area contributed by atoms with E-state index in [0.717, 1.165) is 66.8 Å². The fraction of sp³-hybridized carbons (Fsp3) is 0.394. The Morgan fingerprint density at radius 3 is 2.43 bits per heavy atom. The Balaban J connectivity index is 1.36. The van der Waals surface area contributed by atoms with Gasteiger partial charge >= 0.3 is 6.09 Å². The van der Waals surface area contributed by atoms with E-state index in [2.05, 4.69) is 22.3 Å². The molecule has 0 atom stereocenters. The molecule has 3 N–H and O–H groups in total. The highest BCUT2D eigenvalue weighted by molar-refractivity contribution is 5.96. The lowest BCUT2D eigenvalue weighted by Crippen LogP contribution is -2.43. The third-order valence-electron chi connectivity index (χ3n) is 7.94. The molecule has 1 saturated heterocycles. The van der Waals surface area contributed by atoms with Gasteiger partial charge in [-0.25, -0.2) is 4.79 Å². The van der Waals surface area contributed by atoms with Crippen LogP contribution in [0, 0.1) is 0 Å². The van der Waals surface area contributed by atoms with Crippen LogP contribution in [0.1, 0.15) is 31.2 Å². The molecule has 0 spiro atoms. The van der Waals surface area contributed by atoms with Gasteiger partial charge in [0.15, 0.2) is 6.61 Å². The zero-order valence-corrected chi connectivity index (χ0v) is 24.2. The van der Waals surface area contributed by atoms with Crippen LogP contribution in [0.3, 0.4) is 0 Å². The fourth-order valence-electron chi connectivity index (χ4n) is 5.67. The van der Waals surface area contributed by atoms with Crippen LogP contribution < -0.4 is 20.7 Å². The molecule has 0 unspecified atom stereocenters. The smallest absolute Gasteiger partial charge is 0.410 e. The molecule has 1 saturated carbocycles. The first kappa shape index (κ1) is 29.4. The van der Waals surface area contributed by atoms with Gasteiger partial charge in [-0.15, -0.1) is 0 Å². The monoisotopic (exact) mass is 572 g/mol. The van der Waals surface area contributed by atoms with E-state index in [0.29, 0.717) is 25.5 Å². The third kappa shape index (κ3) is 7.60. The number of nitrogens with two attached hydrogens (primary N) is 1. The van der Waals surface area contributed by atoms with E-state index < -0.39 is 0 Å². The molecule has 2 aliphatic rings. The lowest BCUT2D eigenvalue weighted by molar-refractivity contribution is -0.118. The van der Waals surface area contributed by atoms with Gasteiger partial charge in [0.25, 0.3) is 5.91 Å². The Morgan fingerprint density at radius 2 is 1.69 bits per heavy atom. The number of amides is 2. The molecule has 42 heavy (non-hydrogen) atoms. The first-order chi connectivity index (χ1) is 20.5. The number of methoxy groups -OCH3 is 1. The fourth-order valence-corrected chi connectivity index (χ4v) is 5.67. The maximum Gasteiger partial charge on any atom is 0.410 e. The van der Waals surface area contributed by atoms with Crippen molar-refractivity contribution in [3.05, 3.63) is 78.4 Å². The largest absolute Gasteiger partial charge is 0.484 e. The molecule has 9 heteroatoms. The van der Waals surface area contributed by atoms with Gasteiger partial charge in [0.05, 0.1) is 31.7 Å². The standard InChI is InChI=1S/C33H40N4O5/c1-40-33(39)37(28-13-11-27(34)12-14-28)22-24-6-5-7-25(20-24)26-10-15-31(36-16-18-41-19-17-36)30(21-26)35-32(38)23-42-29-8-3-2-4-9-29/h2-10,15,20-21,27-28H,11-14,16-19,22-23,34H2,1H3,(H,35,38). The van der Waals surface area contributed by atoms with Crippen molar-refractivity contribution < 1.29 is 23.8 Å². The molecule has 2 fully saturated rings. The number of morpholine rings is 1. The maximum absolute atomic E-state index is 13.0. The molecule has 0 bridgehead atoms. The van der Waals surface area contributed by atoms with Crippen molar-refractivity contribution >= 4 is 23.4 Å². The number of nitrogens with one attached hydrogen (secondary N) is 1. The van der Waals surface area contributed by atoms with Crippen LogP contribution in [0.15, 0.2) is 72.8 Å². The van der Waals surface area contributed by atoms with E-state index in [-0.39, 0.29) is 30.7 Å². The van der Waals surface area contributed by atoms with Crippen molar-refractivity contribution in [3.63, 3.8) is 0 Å². The molecule has 222 valence electrons. The predicted molar refractivity (Wildman–Crippen MR) is 164 cm³/mol. The quantitative estimate of drug-likeness (QED) is 0.370. The van der Waals surface area contributed by atoms with Crippen LogP contribution in [-0.2, 0) is 20.8 Å². The minimum Gasteiger partial charge on any atom is -0.484 e.